The number of carbonyl (C=O) groups is 1. The molecule has 5 rings (SSSR count). The third kappa shape index (κ3) is 6.73. The lowest BCUT2D eigenvalue weighted by Gasteiger charge is -2.14. The predicted octanol–water partition coefficient (Wildman–Crippen LogP) is 5.34. The van der Waals surface area contributed by atoms with Crippen molar-refractivity contribution in [3.63, 3.8) is 0 Å². The molecule has 3 aromatic carbocycles. The standard InChI is InChI=1S/C32H33N3O6S2/c1-38-23-11-9-20(17-25(23)40-3)13-15-33-28(36)19-42-32-34-29-22-7-5-6-8-27(22)43-30(29)31(37)35(32)16-14-21-10-12-24(39-2)26(18-21)41-4/h5-12,17-18H,13-16,19H2,1-4H3,(H,33,36). The number of nitrogens with one attached hydrogen (secondary N) is 1. The number of fused-ring (bicyclic) bond motifs is 3. The highest BCUT2D eigenvalue weighted by molar-refractivity contribution is 7.99. The van der Waals surface area contributed by atoms with Crippen molar-refractivity contribution in [2.24, 2.45) is 0 Å². The van der Waals surface area contributed by atoms with Gasteiger partial charge in [0.05, 0.1) is 39.7 Å². The third-order valence-corrected chi connectivity index (χ3v) is 9.16. The van der Waals surface area contributed by atoms with Crippen LogP contribution in [0.5, 0.6) is 23.0 Å². The first-order chi connectivity index (χ1) is 20.9. The normalized spacial score (nSPS) is 11.1. The zero-order chi connectivity index (χ0) is 30.3. The minimum Gasteiger partial charge on any atom is -0.493 e. The fraction of sp³-hybridized carbons (Fsp3) is 0.281. The summed E-state index contributed by atoms with van der Waals surface area (Å²) in [5, 5.41) is 4.42. The highest BCUT2D eigenvalue weighted by atomic mass is 32.2. The predicted molar refractivity (Wildman–Crippen MR) is 172 cm³/mol. The topological polar surface area (TPSA) is 101 Å². The average molecular weight is 620 g/mol. The Morgan fingerprint density at radius 1 is 0.860 bits per heavy atom. The summed E-state index contributed by atoms with van der Waals surface area (Å²) in [7, 11) is 6.38. The summed E-state index contributed by atoms with van der Waals surface area (Å²) in [5.41, 5.74) is 2.57. The van der Waals surface area contributed by atoms with E-state index in [0.29, 0.717) is 64.3 Å². The van der Waals surface area contributed by atoms with Crippen molar-refractivity contribution < 1.29 is 23.7 Å². The van der Waals surface area contributed by atoms with E-state index in [-0.39, 0.29) is 17.2 Å². The van der Waals surface area contributed by atoms with E-state index in [9.17, 15) is 9.59 Å². The maximum atomic E-state index is 13.8. The van der Waals surface area contributed by atoms with Crippen LogP contribution in [-0.4, -0.2) is 56.2 Å². The Bertz CT molecular complexity index is 1820. The van der Waals surface area contributed by atoms with Crippen LogP contribution in [0.25, 0.3) is 20.3 Å². The zero-order valence-corrected chi connectivity index (χ0v) is 26.1. The Morgan fingerprint density at radius 2 is 1.49 bits per heavy atom. The Labute approximate surface area is 257 Å². The summed E-state index contributed by atoms with van der Waals surface area (Å²) >= 11 is 2.71. The second-order valence-corrected chi connectivity index (χ2v) is 11.6. The number of thiophene rings is 1. The number of rotatable bonds is 13. The highest BCUT2D eigenvalue weighted by Crippen LogP contribution is 2.32. The lowest BCUT2D eigenvalue weighted by atomic mass is 10.1. The molecular formula is C32H33N3O6S2. The van der Waals surface area contributed by atoms with Gasteiger partial charge in [-0.25, -0.2) is 4.98 Å². The number of carbonyl (C=O) groups excluding carboxylic acids is 1. The van der Waals surface area contributed by atoms with Gasteiger partial charge in [-0.05, 0) is 54.3 Å². The van der Waals surface area contributed by atoms with E-state index in [1.807, 2.05) is 60.7 Å². The SMILES string of the molecule is COc1ccc(CCNC(=O)CSc2nc3c(sc4ccccc43)c(=O)n2CCc2ccc(OC)c(OC)c2)cc1OC. The average Bonchev–Trinajstić information content (AvgIpc) is 3.42. The molecule has 0 spiro atoms. The maximum absolute atomic E-state index is 13.8. The van der Waals surface area contributed by atoms with Crippen molar-refractivity contribution in [1.82, 2.24) is 14.9 Å². The Balaban J connectivity index is 1.33. The van der Waals surface area contributed by atoms with Gasteiger partial charge >= 0.3 is 0 Å². The van der Waals surface area contributed by atoms with Crippen LogP contribution in [0.4, 0.5) is 0 Å². The van der Waals surface area contributed by atoms with Crippen LogP contribution in [0.2, 0.25) is 0 Å². The van der Waals surface area contributed by atoms with Crippen LogP contribution < -0.4 is 29.8 Å². The molecule has 0 atom stereocenters. The van der Waals surface area contributed by atoms with Gasteiger partial charge in [0.2, 0.25) is 5.91 Å². The quantitative estimate of drug-likeness (QED) is 0.139. The molecule has 9 nitrogen and oxygen atoms in total. The van der Waals surface area contributed by atoms with Crippen molar-refractivity contribution >= 4 is 49.3 Å². The van der Waals surface area contributed by atoms with Crippen molar-refractivity contribution in [3.05, 3.63) is 82.1 Å². The van der Waals surface area contributed by atoms with Crippen molar-refractivity contribution in [3.8, 4) is 23.0 Å². The van der Waals surface area contributed by atoms with Crippen LogP contribution in [0.1, 0.15) is 11.1 Å². The Hall–Kier alpha value is -4.22. The van der Waals surface area contributed by atoms with Crippen molar-refractivity contribution in [2.75, 3.05) is 40.7 Å². The van der Waals surface area contributed by atoms with Crippen LogP contribution in [0.3, 0.4) is 0 Å². The summed E-state index contributed by atoms with van der Waals surface area (Å²) in [5.74, 6) is 2.57. The molecule has 5 aromatic rings. The Kier molecular flexibility index (Phi) is 9.73. The van der Waals surface area contributed by atoms with Crippen LogP contribution in [0.15, 0.2) is 70.6 Å². The lowest BCUT2D eigenvalue weighted by Crippen LogP contribution is -2.28. The van der Waals surface area contributed by atoms with E-state index in [1.165, 1.54) is 23.1 Å². The van der Waals surface area contributed by atoms with Gasteiger partial charge in [0.15, 0.2) is 28.2 Å². The van der Waals surface area contributed by atoms with E-state index in [4.69, 9.17) is 23.9 Å². The molecule has 0 aliphatic heterocycles. The summed E-state index contributed by atoms with van der Waals surface area (Å²) in [6.45, 7) is 0.859. The fourth-order valence-corrected chi connectivity index (χ4v) is 6.74. The number of hydrogen-bond acceptors (Lipinski definition) is 9. The number of methoxy groups -OCH3 is 4. The first kappa shape index (κ1) is 30.2. The molecule has 0 saturated carbocycles. The molecule has 0 radical (unpaired) electrons. The maximum Gasteiger partial charge on any atom is 0.272 e. The molecule has 1 amide bonds. The summed E-state index contributed by atoms with van der Waals surface area (Å²) in [6.07, 6.45) is 1.21. The second-order valence-electron chi connectivity index (χ2n) is 9.64. The van der Waals surface area contributed by atoms with Crippen molar-refractivity contribution in [1.29, 1.82) is 0 Å². The van der Waals surface area contributed by atoms with E-state index in [1.54, 1.807) is 33.0 Å². The van der Waals surface area contributed by atoms with Crippen LogP contribution in [0, 0.1) is 0 Å². The van der Waals surface area contributed by atoms with Gasteiger partial charge in [-0.15, -0.1) is 11.3 Å². The van der Waals surface area contributed by atoms with Crippen LogP contribution in [-0.2, 0) is 24.2 Å². The number of nitrogens with zero attached hydrogens (tertiary/aromatic N) is 2. The second kappa shape index (κ2) is 13.8. The molecular weight excluding hydrogens is 587 g/mol. The summed E-state index contributed by atoms with van der Waals surface area (Å²) in [6, 6.07) is 19.3. The van der Waals surface area contributed by atoms with Gasteiger partial charge in [0, 0.05) is 23.2 Å². The van der Waals surface area contributed by atoms with Gasteiger partial charge in [-0.1, -0.05) is 42.1 Å². The molecule has 2 heterocycles. The Morgan fingerprint density at radius 3 is 2.14 bits per heavy atom. The number of aryl methyl sites for hydroxylation is 1. The highest BCUT2D eigenvalue weighted by Gasteiger charge is 2.18. The largest absolute Gasteiger partial charge is 0.493 e. The third-order valence-electron chi connectivity index (χ3n) is 7.04. The first-order valence-electron chi connectivity index (χ1n) is 13.7. The molecule has 43 heavy (non-hydrogen) atoms. The smallest absolute Gasteiger partial charge is 0.272 e. The molecule has 0 fully saturated rings. The molecule has 224 valence electrons. The van der Waals surface area contributed by atoms with Gasteiger partial charge in [-0.3, -0.25) is 14.2 Å². The van der Waals surface area contributed by atoms with Gasteiger partial charge in [-0.2, -0.15) is 0 Å². The minimum absolute atomic E-state index is 0.108. The number of benzene rings is 3. The molecule has 0 aliphatic rings. The lowest BCUT2D eigenvalue weighted by molar-refractivity contribution is -0.118. The molecule has 0 unspecified atom stereocenters. The monoisotopic (exact) mass is 619 g/mol. The molecule has 11 heteroatoms. The summed E-state index contributed by atoms with van der Waals surface area (Å²) in [4.78, 5) is 31.6. The number of aromatic nitrogens is 2. The van der Waals surface area contributed by atoms with Gasteiger partial charge in [0.25, 0.3) is 5.56 Å². The molecule has 0 aliphatic carbocycles. The number of ether oxygens (including phenoxy) is 4. The number of hydrogen-bond donors (Lipinski definition) is 1. The number of amides is 1. The fourth-order valence-electron chi connectivity index (χ4n) is 4.80. The van der Waals surface area contributed by atoms with E-state index >= 15 is 0 Å². The molecule has 0 saturated heterocycles. The first-order valence-corrected chi connectivity index (χ1v) is 15.5. The summed E-state index contributed by atoms with van der Waals surface area (Å²) < 4.78 is 24.8. The van der Waals surface area contributed by atoms with E-state index in [2.05, 4.69) is 5.32 Å². The minimum atomic E-state index is -0.138. The van der Waals surface area contributed by atoms with E-state index < -0.39 is 0 Å². The molecule has 1 N–H and O–H groups in total. The van der Waals surface area contributed by atoms with Crippen LogP contribution >= 0.6 is 23.1 Å². The zero-order valence-electron chi connectivity index (χ0n) is 24.5. The molecule has 0 bridgehead atoms. The van der Waals surface area contributed by atoms with Gasteiger partial charge in [0.1, 0.15) is 4.70 Å². The molecule has 2 aromatic heterocycles. The van der Waals surface area contributed by atoms with Gasteiger partial charge < -0.3 is 24.3 Å². The van der Waals surface area contributed by atoms with E-state index in [0.717, 1.165) is 21.2 Å². The number of thioether (sulfide) groups is 1. The van der Waals surface area contributed by atoms with Crippen molar-refractivity contribution in [2.45, 2.75) is 24.5 Å².